The van der Waals surface area contributed by atoms with Crippen molar-refractivity contribution in [2.24, 2.45) is 0 Å². The summed E-state index contributed by atoms with van der Waals surface area (Å²) in [5, 5.41) is 0. The van der Waals surface area contributed by atoms with Crippen LogP contribution in [0.2, 0.25) is 0 Å². The fraction of sp³-hybridized carbons (Fsp3) is 0.100. The van der Waals surface area contributed by atoms with Gasteiger partial charge in [0.2, 0.25) is 0 Å². The number of allylic oxidation sites excluding steroid dienone is 8. The SMILES string of the molecule is C=C/C(=C\C(=C)OC(=C)/C=C\C(=C)OC(=C)/C=C(\C=C)C(F)(F)F)C(F)(F)F. The predicted octanol–water partition coefficient (Wildman–Crippen LogP) is 6.98. The summed E-state index contributed by atoms with van der Waals surface area (Å²) in [5.41, 5.74) is -2.12. The van der Waals surface area contributed by atoms with Gasteiger partial charge < -0.3 is 9.47 Å². The van der Waals surface area contributed by atoms with Gasteiger partial charge in [-0.05, 0) is 24.3 Å². The molecule has 0 N–H and O–H groups in total. The first-order valence-electron chi connectivity index (χ1n) is 7.32. The molecule has 152 valence electrons. The molecule has 0 rings (SSSR count). The minimum absolute atomic E-state index is 0.125. The van der Waals surface area contributed by atoms with Gasteiger partial charge in [-0.15, -0.1) is 0 Å². The molecule has 0 unspecified atom stereocenters. The Kier molecular flexibility index (Phi) is 9.09. The third-order valence-electron chi connectivity index (χ3n) is 2.71. The monoisotopic (exact) mass is 404 g/mol. The van der Waals surface area contributed by atoms with Gasteiger partial charge in [-0.2, -0.15) is 26.3 Å². The first-order valence-corrected chi connectivity index (χ1v) is 7.32. The van der Waals surface area contributed by atoms with E-state index < -0.39 is 23.5 Å². The maximum absolute atomic E-state index is 12.6. The zero-order valence-corrected chi connectivity index (χ0v) is 14.8. The van der Waals surface area contributed by atoms with Crippen molar-refractivity contribution in [1.82, 2.24) is 0 Å². The van der Waals surface area contributed by atoms with Gasteiger partial charge >= 0.3 is 12.4 Å². The van der Waals surface area contributed by atoms with Crippen LogP contribution in [0.1, 0.15) is 0 Å². The summed E-state index contributed by atoms with van der Waals surface area (Å²) in [7, 11) is 0. The van der Waals surface area contributed by atoms with E-state index in [0.717, 1.165) is 12.2 Å². The largest absolute Gasteiger partial charge is 0.459 e. The van der Waals surface area contributed by atoms with Crippen molar-refractivity contribution in [1.29, 1.82) is 0 Å². The van der Waals surface area contributed by atoms with Crippen LogP contribution >= 0.6 is 0 Å². The number of hydrogen-bond acceptors (Lipinski definition) is 2. The van der Waals surface area contributed by atoms with Crippen molar-refractivity contribution in [3.05, 3.63) is 110 Å². The first kappa shape index (κ1) is 24.8. The Morgan fingerprint density at radius 3 is 1.07 bits per heavy atom. The van der Waals surface area contributed by atoms with Crippen LogP contribution in [0.25, 0.3) is 0 Å². The van der Waals surface area contributed by atoms with Gasteiger partial charge in [-0.3, -0.25) is 0 Å². The molecular formula is C20H18F6O2. The van der Waals surface area contributed by atoms with Crippen molar-refractivity contribution in [3.8, 4) is 0 Å². The first-order chi connectivity index (χ1) is 12.7. The Hall–Kier alpha value is -3.16. The molecule has 0 spiro atoms. The number of halogens is 6. The van der Waals surface area contributed by atoms with Crippen LogP contribution in [0.5, 0.6) is 0 Å². The lowest BCUT2D eigenvalue weighted by atomic mass is 10.2. The van der Waals surface area contributed by atoms with Crippen molar-refractivity contribution >= 4 is 0 Å². The smallest absolute Gasteiger partial charge is 0.416 e. The molecule has 28 heavy (non-hydrogen) atoms. The molecule has 0 fully saturated rings. The standard InChI is InChI=1S/C20H18F6O2/c1-7-17(19(21,22)23)11-15(5)27-13(3)9-10-14(4)28-16(6)12-18(8-2)20(24,25)26/h7-12H,1-6H2/b10-9-,17-11+,18-12+. The van der Waals surface area contributed by atoms with Gasteiger partial charge in [0.25, 0.3) is 0 Å². The molecule has 0 saturated heterocycles. The highest BCUT2D eigenvalue weighted by atomic mass is 19.4. The molecule has 0 bridgehead atoms. The van der Waals surface area contributed by atoms with Crippen LogP contribution in [0.15, 0.2) is 110 Å². The average molecular weight is 404 g/mol. The molecule has 0 aromatic carbocycles. The second-order valence-corrected chi connectivity index (χ2v) is 5.01. The Balaban J connectivity index is 4.89. The zero-order chi connectivity index (χ0) is 22.1. The lowest BCUT2D eigenvalue weighted by molar-refractivity contribution is -0.0892. The second-order valence-electron chi connectivity index (χ2n) is 5.01. The molecule has 2 nitrogen and oxygen atoms in total. The number of alkyl halides is 6. The molecule has 0 aliphatic carbocycles. The lowest BCUT2D eigenvalue weighted by Crippen LogP contribution is -2.10. The van der Waals surface area contributed by atoms with E-state index >= 15 is 0 Å². The predicted molar refractivity (Wildman–Crippen MR) is 96.5 cm³/mol. The van der Waals surface area contributed by atoms with Crippen molar-refractivity contribution < 1.29 is 35.8 Å². The molecule has 0 radical (unpaired) electrons. The summed E-state index contributed by atoms with van der Waals surface area (Å²) in [6.45, 7) is 19.6. The van der Waals surface area contributed by atoms with E-state index in [2.05, 4.69) is 39.5 Å². The summed E-state index contributed by atoms with van der Waals surface area (Å²) in [5.74, 6) is -0.970. The van der Waals surface area contributed by atoms with Crippen molar-refractivity contribution in [2.45, 2.75) is 12.4 Å². The number of hydrogen-bond donors (Lipinski definition) is 0. The van der Waals surface area contributed by atoms with E-state index in [1.807, 2.05) is 0 Å². The van der Waals surface area contributed by atoms with Crippen LogP contribution in [-0.4, -0.2) is 12.4 Å². The molecule has 0 aliphatic rings. The van der Waals surface area contributed by atoms with E-state index in [1.165, 1.54) is 0 Å². The van der Waals surface area contributed by atoms with E-state index in [0.29, 0.717) is 24.3 Å². The topological polar surface area (TPSA) is 18.5 Å². The van der Waals surface area contributed by atoms with E-state index in [1.54, 1.807) is 0 Å². The van der Waals surface area contributed by atoms with Crippen LogP contribution < -0.4 is 0 Å². The van der Waals surface area contributed by atoms with Crippen LogP contribution in [0.3, 0.4) is 0 Å². The highest BCUT2D eigenvalue weighted by Crippen LogP contribution is 2.28. The molecule has 0 aromatic heterocycles. The quantitative estimate of drug-likeness (QED) is 0.222. The third kappa shape index (κ3) is 9.51. The number of ether oxygens (including phenoxy) is 2. The molecule has 8 heteroatoms. The van der Waals surface area contributed by atoms with E-state index in [9.17, 15) is 26.3 Å². The molecule has 0 heterocycles. The second kappa shape index (κ2) is 10.2. The highest BCUT2D eigenvalue weighted by Gasteiger charge is 2.32. The summed E-state index contributed by atoms with van der Waals surface area (Å²) in [6, 6.07) is 0. The Bertz CT molecular complexity index is 695. The summed E-state index contributed by atoms with van der Waals surface area (Å²) in [4.78, 5) is 0. The van der Waals surface area contributed by atoms with Crippen LogP contribution in [0, 0.1) is 0 Å². The number of rotatable bonds is 10. The Morgan fingerprint density at radius 1 is 0.571 bits per heavy atom. The van der Waals surface area contributed by atoms with Gasteiger partial charge in [-0.1, -0.05) is 51.6 Å². The highest BCUT2D eigenvalue weighted by molar-refractivity contribution is 5.31. The van der Waals surface area contributed by atoms with Gasteiger partial charge in [0.1, 0.15) is 23.0 Å². The molecule has 0 atom stereocenters. The summed E-state index contributed by atoms with van der Waals surface area (Å²) >= 11 is 0. The van der Waals surface area contributed by atoms with Gasteiger partial charge in [0, 0.05) is 0 Å². The normalized spacial score (nSPS) is 13.1. The van der Waals surface area contributed by atoms with Crippen molar-refractivity contribution in [2.75, 3.05) is 0 Å². The molecule has 0 amide bonds. The summed E-state index contributed by atoms with van der Waals surface area (Å²) in [6.07, 6.45) is -4.48. The maximum atomic E-state index is 12.6. The molecular weight excluding hydrogens is 386 g/mol. The minimum Gasteiger partial charge on any atom is -0.459 e. The Labute approximate surface area is 159 Å². The minimum atomic E-state index is -4.62. The van der Waals surface area contributed by atoms with Gasteiger partial charge in [0.05, 0.1) is 11.1 Å². The zero-order valence-electron chi connectivity index (χ0n) is 14.8. The van der Waals surface area contributed by atoms with Gasteiger partial charge in [-0.25, -0.2) is 0 Å². The molecule has 0 aliphatic heterocycles. The average Bonchev–Trinajstić information content (AvgIpc) is 2.53. The molecule has 0 saturated carbocycles. The fourth-order valence-electron chi connectivity index (χ4n) is 1.51. The summed E-state index contributed by atoms with van der Waals surface area (Å²) < 4.78 is 85.5. The molecule has 0 aromatic rings. The van der Waals surface area contributed by atoms with Gasteiger partial charge in [0.15, 0.2) is 0 Å². The Morgan fingerprint density at radius 2 is 0.857 bits per heavy atom. The van der Waals surface area contributed by atoms with Crippen LogP contribution in [-0.2, 0) is 9.47 Å². The maximum Gasteiger partial charge on any atom is 0.416 e. The fourth-order valence-corrected chi connectivity index (χ4v) is 1.51. The van der Waals surface area contributed by atoms with Crippen LogP contribution in [0.4, 0.5) is 26.3 Å². The van der Waals surface area contributed by atoms with Crippen molar-refractivity contribution in [3.63, 3.8) is 0 Å². The van der Waals surface area contributed by atoms with E-state index in [-0.39, 0.29) is 23.0 Å². The lowest BCUT2D eigenvalue weighted by Gasteiger charge is -2.10. The van der Waals surface area contributed by atoms with E-state index in [4.69, 9.17) is 9.47 Å². The third-order valence-corrected chi connectivity index (χ3v) is 2.71.